The molecule has 7 N–H and O–H groups in total. The van der Waals surface area contributed by atoms with E-state index in [9.17, 15) is 57.8 Å². The van der Waals surface area contributed by atoms with Crippen molar-refractivity contribution in [1.82, 2.24) is 30.7 Å². The van der Waals surface area contributed by atoms with E-state index >= 15 is 0 Å². The maximum absolute atomic E-state index is 14.5. The molecule has 94 heavy (non-hydrogen) atoms. The van der Waals surface area contributed by atoms with Crippen molar-refractivity contribution in [2.24, 2.45) is 17.6 Å². The van der Waals surface area contributed by atoms with Crippen molar-refractivity contribution in [3.8, 4) is 5.75 Å². The Morgan fingerprint density at radius 2 is 1.62 bits per heavy atom. The lowest BCUT2D eigenvalue weighted by molar-refractivity contribution is -0.187. The highest BCUT2D eigenvalue weighted by atomic mass is 35.5. The van der Waals surface area contributed by atoms with Crippen LogP contribution in [0.4, 0.5) is 21.0 Å². The van der Waals surface area contributed by atoms with Crippen LogP contribution in [0.1, 0.15) is 117 Å². The van der Waals surface area contributed by atoms with Crippen molar-refractivity contribution >= 4 is 88.4 Å². The number of nitrogens with zero attached hydrogens (tertiary/aromatic N) is 4. The third-order valence-corrected chi connectivity index (χ3v) is 17.8. The Kier molecular flexibility index (Phi) is 26.7. The lowest BCUT2D eigenvalue weighted by Crippen LogP contribution is -2.54. The number of hydrogen-bond acceptors (Lipinski definition) is 18. The molecule has 0 aliphatic carbocycles. The summed E-state index contributed by atoms with van der Waals surface area (Å²) in [5.74, 6) is -5.59. The van der Waals surface area contributed by atoms with Gasteiger partial charge in [0.2, 0.25) is 29.5 Å². The summed E-state index contributed by atoms with van der Waals surface area (Å²) in [6, 6.07) is 5.74. The van der Waals surface area contributed by atoms with Crippen LogP contribution in [0.15, 0.2) is 72.4 Å². The van der Waals surface area contributed by atoms with E-state index in [1.54, 1.807) is 76.2 Å². The normalized spacial score (nSPS) is 23.9. The Morgan fingerprint density at radius 3 is 2.27 bits per heavy atom. The molecule has 10 atom stereocenters. The standard InChI is InChI=1S/C66H90ClN9O18/c1-38(2)58(72-51(77)20-13-12-14-29-76-53(79)25-26-54(76)80)61(84)71-45(18-16-28-69-63(68)86)60(83)70-44-23-21-42(22-24-44)37-91-64(87)73(7)30-27-52(78)74(8)41(5)62(85)93-50-34-55(81)75(9)46-32-43(33-47(89-10)57(46)67)31-39(3)17-15-19-49(90-11)66(88)35-48(92-56(82)36-66)40(4)59-65(50,6)94-59/h15,17,19,21-26,32-33,38,40-41,45,48-50,58-59,88H,12-14,16,18,20,27-31,34-37H2,1-11H3,(H,70,83)(H,71,84)(H,72,77)(H3,68,69,86)/b19-15+,39-17+/t40-,41+,45-,48+,49-,50-,58-,59+,65+,66-/m1/s1. The quantitative estimate of drug-likeness (QED) is 0.0239. The molecule has 4 heterocycles. The highest BCUT2D eigenvalue weighted by Crippen LogP contribution is 2.50. The lowest BCUT2D eigenvalue weighted by atomic mass is 9.78. The van der Waals surface area contributed by atoms with E-state index in [1.165, 1.54) is 64.2 Å². The molecule has 4 aliphatic heterocycles. The van der Waals surface area contributed by atoms with Crippen LogP contribution in [-0.2, 0) is 79.9 Å². The highest BCUT2D eigenvalue weighted by Gasteiger charge is 2.64. The molecule has 4 bridgehead atoms. The molecule has 6 rings (SSSR count). The Labute approximate surface area is 552 Å². The smallest absolute Gasteiger partial charge is 0.409 e. The SMILES string of the molecule is COc1cc2cc(c1Cl)N(C)C(=O)C[C@@H](OC(=O)[C@H](C)N(C)C(=O)CCN(C)C(=O)OCc1ccc(NC(=O)[C@@H](CCCNC(N)=O)NC(=O)[C@H](NC(=O)CCCCCN3C(=O)C=CC3=O)C(C)C)cc1)[C@]1(C)O[C@H]1[C@H](C)[C@@H]1C[C@@](O)(CC(=O)O1)[C@H](OC)/C=C/C=C(\C)C2. The van der Waals surface area contributed by atoms with E-state index in [2.05, 4.69) is 21.3 Å². The second-order valence-corrected chi connectivity index (χ2v) is 25.3. The molecule has 0 spiro atoms. The predicted octanol–water partition coefficient (Wildman–Crippen LogP) is 4.92. The van der Waals surface area contributed by atoms with Gasteiger partial charge < -0.3 is 75.2 Å². The Bertz CT molecular complexity index is 3210. The van der Waals surface area contributed by atoms with E-state index < -0.39 is 120 Å². The third kappa shape index (κ3) is 20.1. The number of benzene rings is 2. The van der Waals surface area contributed by atoms with Gasteiger partial charge in [0.05, 0.1) is 31.7 Å². The molecule has 27 nitrogen and oxygen atoms in total. The third-order valence-electron chi connectivity index (χ3n) is 17.4. The number of epoxide rings is 1. The minimum atomic E-state index is -1.66. The minimum absolute atomic E-state index is 0.0191. The summed E-state index contributed by atoms with van der Waals surface area (Å²) in [4.78, 5) is 149. The average molecular weight is 1330 g/mol. The number of ether oxygens (including phenoxy) is 6. The van der Waals surface area contributed by atoms with E-state index in [0.717, 1.165) is 20.9 Å². The van der Waals surface area contributed by atoms with Crippen LogP contribution < -0.4 is 36.6 Å². The van der Waals surface area contributed by atoms with Crippen LogP contribution >= 0.6 is 11.6 Å². The van der Waals surface area contributed by atoms with E-state index in [4.69, 9.17) is 45.8 Å². The number of hydrogen-bond donors (Lipinski definition) is 6. The lowest BCUT2D eigenvalue weighted by Gasteiger charge is -2.41. The number of rotatable bonds is 26. The number of likely N-dealkylation sites (N-methyl/N-ethyl adjacent to an activating group) is 1. The van der Waals surface area contributed by atoms with Gasteiger partial charge in [0.1, 0.15) is 65.0 Å². The molecule has 0 unspecified atom stereocenters. The number of esters is 2. The predicted molar refractivity (Wildman–Crippen MR) is 344 cm³/mol. The van der Waals surface area contributed by atoms with Crippen molar-refractivity contribution in [1.29, 1.82) is 0 Å². The number of nitrogens with two attached hydrogens (primary N) is 1. The Balaban J connectivity index is 1.03. The van der Waals surface area contributed by atoms with Crippen LogP contribution in [0.3, 0.4) is 0 Å². The van der Waals surface area contributed by atoms with E-state index in [1.807, 2.05) is 13.0 Å². The molecule has 2 aromatic carbocycles. The number of urea groups is 1. The number of methoxy groups -OCH3 is 2. The second-order valence-electron chi connectivity index (χ2n) is 24.9. The van der Waals surface area contributed by atoms with E-state index in [0.29, 0.717) is 48.4 Å². The number of anilines is 2. The molecule has 28 heteroatoms. The summed E-state index contributed by atoms with van der Waals surface area (Å²) in [5, 5.41) is 22.9. The fourth-order valence-electron chi connectivity index (χ4n) is 11.4. The number of fused-ring (bicyclic) bond motifs is 5. The number of amides is 10. The van der Waals surface area contributed by atoms with Crippen LogP contribution in [0.25, 0.3) is 0 Å². The molecule has 2 fully saturated rings. The van der Waals surface area contributed by atoms with Crippen molar-refractivity contribution in [3.05, 3.63) is 88.5 Å². The van der Waals surface area contributed by atoms with Crippen molar-refractivity contribution < 1.29 is 86.3 Å². The summed E-state index contributed by atoms with van der Waals surface area (Å²) in [7, 11) is 7.25. The fourth-order valence-corrected chi connectivity index (χ4v) is 11.7. The molecule has 10 amide bonds. The zero-order valence-corrected chi connectivity index (χ0v) is 56.0. The van der Waals surface area contributed by atoms with Gasteiger partial charge >= 0.3 is 24.1 Å². The second kappa shape index (κ2) is 33.6. The molecule has 0 saturated carbocycles. The van der Waals surface area contributed by atoms with Gasteiger partial charge in [0, 0.05) is 90.9 Å². The number of carbonyl (C=O) groups is 11. The minimum Gasteiger partial charge on any atom is -0.495 e. The van der Waals surface area contributed by atoms with Crippen LogP contribution in [0.5, 0.6) is 5.75 Å². The molecule has 2 aromatic rings. The van der Waals surface area contributed by atoms with Crippen LogP contribution in [0, 0.1) is 11.8 Å². The van der Waals surface area contributed by atoms with Gasteiger partial charge in [-0.15, -0.1) is 0 Å². The largest absolute Gasteiger partial charge is 0.495 e. The highest BCUT2D eigenvalue weighted by molar-refractivity contribution is 6.35. The van der Waals surface area contributed by atoms with Gasteiger partial charge in [-0.25, -0.2) is 14.4 Å². The van der Waals surface area contributed by atoms with Crippen molar-refractivity contribution in [2.45, 2.75) is 173 Å². The summed E-state index contributed by atoms with van der Waals surface area (Å²) in [6.07, 6.45) is 4.41. The molecule has 514 valence electrons. The molecule has 2 saturated heterocycles. The zero-order chi connectivity index (χ0) is 69.4. The summed E-state index contributed by atoms with van der Waals surface area (Å²) in [5.41, 5.74) is 5.06. The van der Waals surface area contributed by atoms with Crippen LogP contribution in [-0.4, -0.2) is 194 Å². The number of nitrogens with one attached hydrogen (secondary N) is 4. The van der Waals surface area contributed by atoms with E-state index in [-0.39, 0.29) is 87.5 Å². The topological polar surface area (TPSA) is 354 Å². The number of unbranched alkanes of at least 4 members (excludes halogenated alkanes) is 2. The van der Waals surface area contributed by atoms with Gasteiger partial charge in [0.15, 0.2) is 0 Å². The molecular weight excluding hydrogens is 1240 g/mol. The van der Waals surface area contributed by atoms with Crippen molar-refractivity contribution in [2.75, 3.05) is 65.2 Å². The van der Waals surface area contributed by atoms with Gasteiger partial charge in [-0.05, 0) is 94.2 Å². The van der Waals surface area contributed by atoms with Crippen molar-refractivity contribution in [3.63, 3.8) is 0 Å². The van der Waals surface area contributed by atoms with Gasteiger partial charge in [-0.1, -0.05) is 74.7 Å². The van der Waals surface area contributed by atoms with Gasteiger partial charge in [-0.2, -0.15) is 0 Å². The monoisotopic (exact) mass is 1330 g/mol. The van der Waals surface area contributed by atoms with Crippen LogP contribution in [0.2, 0.25) is 5.02 Å². The zero-order valence-electron chi connectivity index (χ0n) is 55.3. The number of halogens is 1. The Morgan fingerprint density at radius 1 is 0.926 bits per heavy atom. The molecule has 0 aromatic heterocycles. The first-order valence-corrected chi connectivity index (χ1v) is 31.8. The number of imide groups is 1. The van der Waals surface area contributed by atoms with Gasteiger partial charge in [-0.3, -0.25) is 43.3 Å². The fraction of sp³-hybridized carbons (Fsp3) is 0.561. The average Bonchev–Trinajstić information content (AvgIpc) is 1.58. The molecule has 4 aliphatic rings. The summed E-state index contributed by atoms with van der Waals surface area (Å²) >= 11 is 6.84. The molecular formula is C66H90ClN9O18. The Hall–Kier alpha value is -8.40. The van der Waals surface area contributed by atoms with Gasteiger partial charge in [0.25, 0.3) is 11.8 Å². The number of primary amides is 1. The maximum atomic E-state index is 14.5. The first kappa shape index (κ1) is 74.6. The number of carbonyl (C=O) groups excluding carboxylic acids is 11. The maximum Gasteiger partial charge on any atom is 0.409 e. The summed E-state index contributed by atoms with van der Waals surface area (Å²) in [6.45, 7) is 10.3. The first-order valence-electron chi connectivity index (χ1n) is 31.4. The first-order chi connectivity index (χ1) is 44.4. The number of aliphatic hydroxyl groups is 1. The summed E-state index contributed by atoms with van der Waals surface area (Å²) < 4.78 is 35.2. The molecule has 0 radical (unpaired) electrons. The number of allylic oxidation sites excluding steroid dienone is 3.